The van der Waals surface area contributed by atoms with E-state index in [0.717, 1.165) is 6.42 Å². The van der Waals surface area contributed by atoms with E-state index in [4.69, 9.17) is 11.5 Å². The first kappa shape index (κ1) is 14.2. The van der Waals surface area contributed by atoms with Gasteiger partial charge in [0.2, 0.25) is 0 Å². The van der Waals surface area contributed by atoms with Gasteiger partial charge >= 0.3 is 0 Å². The van der Waals surface area contributed by atoms with Crippen LogP contribution in [0, 0.1) is 26.2 Å². The minimum atomic E-state index is 0.0412. The van der Waals surface area contributed by atoms with Crippen molar-refractivity contribution >= 4 is 0 Å². The van der Waals surface area contributed by atoms with Gasteiger partial charge in [-0.15, -0.1) is 0 Å². The molecule has 1 aromatic rings. The first-order valence-electron chi connectivity index (χ1n) is 6.33. The second kappa shape index (κ2) is 5.19. The van der Waals surface area contributed by atoms with Gasteiger partial charge in [-0.3, -0.25) is 0 Å². The van der Waals surface area contributed by atoms with Gasteiger partial charge in [0.25, 0.3) is 0 Å². The maximum atomic E-state index is 6.46. The Morgan fingerprint density at radius 2 is 1.59 bits per heavy atom. The zero-order valence-electron chi connectivity index (χ0n) is 11.8. The molecule has 0 spiro atoms. The number of hydrogen-bond acceptors (Lipinski definition) is 2. The van der Waals surface area contributed by atoms with Crippen molar-refractivity contribution in [2.24, 2.45) is 16.9 Å². The summed E-state index contributed by atoms with van der Waals surface area (Å²) < 4.78 is 0. The van der Waals surface area contributed by atoms with Crippen LogP contribution in [0.2, 0.25) is 0 Å². The molecule has 0 radical (unpaired) electrons. The van der Waals surface area contributed by atoms with E-state index in [0.29, 0.717) is 6.54 Å². The lowest BCUT2D eigenvalue weighted by Gasteiger charge is -2.33. The predicted octanol–water partition coefficient (Wildman–Crippen LogP) is 2.99. The molecule has 1 rings (SSSR count). The molecule has 2 heteroatoms. The average Bonchev–Trinajstić information content (AvgIpc) is 2.15. The Kier molecular flexibility index (Phi) is 4.34. The summed E-state index contributed by atoms with van der Waals surface area (Å²) in [6.07, 6.45) is 0.945. The first-order chi connectivity index (χ1) is 7.79. The Labute approximate surface area is 105 Å². The monoisotopic (exact) mass is 234 g/mol. The van der Waals surface area contributed by atoms with E-state index in [1.807, 2.05) is 0 Å². The molecule has 17 heavy (non-hydrogen) atoms. The Morgan fingerprint density at radius 3 is 2.00 bits per heavy atom. The lowest BCUT2D eigenvalue weighted by Crippen LogP contribution is -2.32. The summed E-state index contributed by atoms with van der Waals surface area (Å²) in [7, 11) is 0. The van der Waals surface area contributed by atoms with Gasteiger partial charge in [-0.1, -0.05) is 31.5 Å². The summed E-state index contributed by atoms with van der Waals surface area (Å²) in [5.74, 6) is 0. The highest BCUT2D eigenvalue weighted by atomic mass is 14.7. The van der Waals surface area contributed by atoms with E-state index in [-0.39, 0.29) is 11.5 Å². The minimum Gasteiger partial charge on any atom is -0.330 e. The fraction of sp³-hybridized carbons (Fsp3) is 0.600. The molecule has 0 amide bonds. The molecular formula is C15H26N2. The molecule has 0 heterocycles. The average molecular weight is 234 g/mol. The first-order valence-corrected chi connectivity index (χ1v) is 6.33. The van der Waals surface area contributed by atoms with Crippen molar-refractivity contribution in [2.75, 3.05) is 6.54 Å². The van der Waals surface area contributed by atoms with Crippen molar-refractivity contribution in [3.63, 3.8) is 0 Å². The van der Waals surface area contributed by atoms with E-state index in [1.54, 1.807) is 0 Å². The van der Waals surface area contributed by atoms with E-state index in [2.05, 4.69) is 46.8 Å². The molecule has 1 aromatic carbocycles. The van der Waals surface area contributed by atoms with Gasteiger partial charge in [-0.2, -0.15) is 0 Å². The molecule has 0 saturated heterocycles. The summed E-state index contributed by atoms with van der Waals surface area (Å²) >= 11 is 0. The van der Waals surface area contributed by atoms with Crippen molar-refractivity contribution in [2.45, 2.75) is 47.1 Å². The maximum Gasteiger partial charge on any atom is 0.0352 e. The van der Waals surface area contributed by atoms with Crippen LogP contribution in [0.5, 0.6) is 0 Å². The molecule has 1 atom stereocenters. The van der Waals surface area contributed by atoms with Crippen molar-refractivity contribution < 1.29 is 0 Å². The Bertz CT molecular complexity index is 371. The minimum absolute atomic E-state index is 0.0412. The van der Waals surface area contributed by atoms with Crippen LogP contribution in [-0.2, 0) is 0 Å². The molecule has 0 saturated carbocycles. The van der Waals surface area contributed by atoms with Crippen molar-refractivity contribution in [1.29, 1.82) is 0 Å². The lowest BCUT2D eigenvalue weighted by atomic mass is 9.76. The normalized spacial score (nSPS) is 13.8. The van der Waals surface area contributed by atoms with Crippen LogP contribution in [0.25, 0.3) is 0 Å². The highest BCUT2D eigenvalue weighted by molar-refractivity contribution is 5.40. The third-order valence-corrected chi connectivity index (χ3v) is 3.68. The van der Waals surface area contributed by atoms with Crippen LogP contribution >= 0.6 is 0 Å². The van der Waals surface area contributed by atoms with E-state index < -0.39 is 0 Å². The van der Waals surface area contributed by atoms with Crippen LogP contribution in [0.3, 0.4) is 0 Å². The number of hydrogen-bond donors (Lipinski definition) is 2. The number of nitrogens with two attached hydrogens (primary N) is 2. The standard InChI is InChI=1S/C15H26N2/c1-10-8-11(2)13(12(3)9-10)14(17)15(4,5)6-7-16/h8-9,14H,6-7,16-17H2,1-5H3. The highest BCUT2D eigenvalue weighted by Gasteiger charge is 2.28. The predicted molar refractivity (Wildman–Crippen MR) is 75.0 cm³/mol. The van der Waals surface area contributed by atoms with Crippen LogP contribution in [-0.4, -0.2) is 6.54 Å². The number of rotatable bonds is 4. The topological polar surface area (TPSA) is 52.0 Å². The molecule has 0 aliphatic rings. The van der Waals surface area contributed by atoms with Gasteiger partial charge in [0.15, 0.2) is 0 Å². The SMILES string of the molecule is Cc1cc(C)c(C(N)C(C)(C)CCN)c(C)c1. The van der Waals surface area contributed by atoms with Crippen LogP contribution in [0.4, 0.5) is 0 Å². The van der Waals surface area contributed by atoms with Gasteiger partial charge < -0.3 is 11.5 Å². The smallest absolute Gasteiger partial charge is 0.0352 e. The summed E-state index contributed by atoms with van der Waals surface area (Å²) in [5.41, 5.74) is 17.3. The summed E-state index contributed by atoms with van der Waals surface area (Å²) in [6, 6.07) is 4.47. The van der Waals surface area contributed by atoms with E-state index in [9.17, 15) is 0 Å². The van der Waals surface area contributed by atoms with Crippen LogP contribution in [0.1, 0.15) is 48.6 Å². The summed E-state index contributed by atoms with van der Waals surface area (Å²) in [4.78, 5) is 0. The Balaban J connectivity index is 3.16. The van der Waals surface area contributed by atoms with Crippen LogP contribution < -0.4 is 11.5 Å². The van der Waals surface area contributed by atoms with Gasteiger partial charge in [0, 0.05) is 6.04 Å². The van der Waals surface area contributed by atoms with Gasteiger partial charge in [-0.05, 0) is 55.8 Å². The molecule has 1 unspecified atom stereocenters. The molecule has 0 aliphatic carbocycles. The van der Waals surface area contributed by atoms with E-state index >= 15 is 0 Å². The fourth-order valence-electron chi connectivity index (χ4n) is 2.60. The number of benzene rings is 1. The fourth-order valence-corrected chi connectivity index (χ4v) is 2.60. The Morgan fingerprint density at radius 1 is 1.12 bits per heavy atom. The van der Waals surface area contributed by atoms with Crippen molar-refractivity contribution in [3.05, 3.63) is 34.4 Å². The number of aryl methyl sites for hydroxylation is 3. The molecule has 0 bridgehead atoms. The van der Waals surface area contributed by atoms with Crippen molar-refractivity contribution in [3.8, 4) is 0 Å². The maximum absolute atomic E-state index is 6.46. The summed E-state index contributed by atoms with van der Waals surface area (Å²) in [6.45, 7) is 11.5. The largest absolute Gasteiger partial charge is 0.330 e. The molecule has 4 N–H and O–H groups in total. The Hall–Kier alpha value is -0.860. The molecular weight excluding hydrogens is 208 g/mol. The zero-order valence-corrected chi connectivity index (χ0v) is 11.8. The summed E-state index contributed by atoms with van der Waals surface area (Å²) in [5, 5.41) is 0. The second-order valence-electron chi connectivity index (χ2n) is 5.82. The van der Waals surface area contributed by atoms with E-state index in [1.165, 1.54) is 22.3 Å². The van der Waals surface area contributed by atoms with Gasteiger partial charge in [0.05, 0.1) is 0 Å². The quantitative estimate of drug-likeness (QED) is 0.841. The van der Waals surface area contributed by atoms with Crippen molar-refractivity contribution in [1.82, 2.24) is 0 Å². The third kappa shape index (κ3) is 3.08. The second-order valence-corrected chi connectivity index (χ2v) is 5.82. The van der Waals surface area contributed by atoms with Gasteiger partial charge in [0.1, 0.15) is 0 Å². The van der Waals surface area contributed by atoms with Crippen LogP contribution in [0.15, 0.2) is 12.1 Å². The third-order valence-electron chi connectivity index (χ3n) is 3.68. The lowest BCUT2D eigenvalue weighted by molar-refractivity contribution is 0.269. The molecule has 0 fully saturated rings. The zero-order chi connectivity index (χ0) is 13.2. The molecule has 0 aromatic heterocycles. The highest BCUT2D eigenvalue weighted by Crippen LogP contribution is 2.37. The molecule has 2 nitrogen and oxygen atoms in total. The van der Waals surface area contributed by atoms with Gasteiger partial charge in [-0.25, -0.2) is 0 Å². The molecule has 0 aliphatic heterocycles. The molecule has 96 valence electrons.